The van der Waals surface area contributed by atoms with Crippen LogP contribution in [0.5, 0.6) is 0 Å². The van der Waals surface area contributed by atoms with Crippen LogP contribution in [-0.4, -0.2) is 17.5 Å². The van der Waals surface area contributed by atoms with Crippen LogP contribution < -0.4 is 0 Å². The van der Waals surface area contributed by atoms with Crippen molar-refractivity contribution in [3.8, 4) is 0 Å². The van der Waals surface area contributed by atoms with E-state index in [2.05, 4.69) is 20.8 Å². The van der Waals surface area contributed by atoms with Crippen LogP contribution in [0.2, 0.25) is 0 Å². The van der Waals surface area contributed by atoms with Gasteiger partial charge in [0.05, 0.1) is 5.38 Å². The summed E-state index contributed by atoms with van der Waals surface area (Å²) in [6, 6.07) is 0. The number of halogens is 1. The average Bonchev–Trinajstić information content (AvgIpc) is 1.93. The molecule has 0 aliphatic heterocycles. The molecule has 0 amide bonds. The molecule has 1 fully saturated rings. The lowest BCUT2D eigenvalue weighted by atomic mass is 9.66. The van der Waals surface area contributed by atoms with Crippen molar-refractivity contribution in [2.24, 2.45) is 11.3 Å². The van der Waals surface area contributed by atoms with Gasteiger partial charge in [0.1, 0.15) is 6.10 Å². The molecule has 3 heteroatoms. The molecular formula is C10H17ClO2. The quantitative estimate of drug-likeness (QED) is 0.485. The summed E-state index contributed by atoms with van der Waals surface area (Å²) < 4.78 is 5.17. The van der Waals surface area contributed by atoms with Crippen molar-refractivity contribution in [2.45, 2.75) is 45.6 Å². The van der Waals surface area contributed by atoms with Crippen LogP contribution in [0.3, 0.4) is 0 Å². The summed E-state index contributed by atoms with van der Waals surface area (Å²) in [5, 5.41) is 0.00752. The highest BCUT2D eigenvalue weighted by atomic mass is 35.5. The van der Waals surface area contributed by atoms with E-state index in [0.29, 0.717) is 5.92 Å². The number of hydrogen-bond acceptors (Lipinski definition) is 2. The minimum Gasteiger partial charge on any atom is -0.461 e. The maximum atomic E-state index is 10.8. The number of ether oxygens (including phenoxy) is 1. The molecule has 0 aromatic heterocycles. The van der Waals surface area contributed by atoms with Crippen LogP contribution in [0.1, 0.15) is 34.1 Å². The Balaban J connectivity index is 2.56. The Bertz CT molecular complexity index is 207. The monoisotopic (exact) mass is 204 g/mol. The van der Waals surface area contributed by atoms with Gasteiger partial charge < -0.3 is 4.74 Å². The molecule has 0 spiro atoms. The molecule has 1 aliphatic carbocycles. The van der Waals surface area contributed by atoms with Gasteiger partial charge in [0.25, 0.3) is 0 Å². The third-order valence-electron chi connectivity index (χ3n) is 2.65. The molecule has 76 valence electrons. The van der Waals surface area contributed by atoms with Crippen molar-refractivity contribution in [1.29, 1.82) is 0 Å². The maximum Gasteiger partial charge on any atom is 0.302 e. The summed E-state index contributed by atoms with van der Waals surface area (Å²) in [6.07, 6.45) is 0.863. The van der Waals surface area contributed by atoms with Gasteiger partial charge in [0.15, 0.2) is 0 Å². The third-order valence-corrected chi connectivity index (χ3v) is 3.07. The molecule has 0 radical (unpaired) electrons. The van der Waals surface area contributed by atoms with Crippen LogP contribution in [0.25, 0.3) is 0 Å². The van der Waals surface area contributed by atoms with Crippen molar-refractivity contribution in [2.75, 3.05) is 0 Å². The Labute approximate surface area is 84.6 Å². The number of carbonyl (C=O) groups excluding carboxylic acids is 1. The summed E-state index contributed by atoms with van der Waals surface area (Å²) in [7, 11) is 0. The molecule has 0 unspecified atom stereocenters. The van der Waals surface area contributed by atoms with Crippen LogP contribution >= 0.6 is 11.6 Å². The minimum atomic E-state index is -0.232. The molecule has 0 aromatic rings. The Morgan fingerprint density at radius 1 is 1.46 bits per heavy atom. The van der Waals surface area contributed by atoms with Gasteiger partial charge in [-0.05, 0) is 11.8 Å². The molecule has 0 N–H and O–H groups in total. The lowest BCUT2D eigenvalue weighted by Crippen LogP contribution is -2.51. The average molecular weight is 205 g/mol. The van der Waals surface area contributed by atoms with Crippen LogP contribution in [0.4, 0.5) is 0 Å². The molecule has 0 bridgehead atoms. The van der Waals surface area contributed by atoms with Gasteiger partial charge in [-0.25, -0.2) is 0 Å². The molecule has 1 rings (SSSR count). The molecule has 0 aromatic carbocycles. The Kier molecular flexibility index (Phi) is 2.91. The van der Waals surface area contributed by atoms with Crippen molar-refractivity contribution < 1.29 is 9.53 Å². The van der Waals surface area contributed by atoms with E-state index >= 15 is 0 Å². The SMILES string of the molecule is CC(=O)O[C@H]1[C@H](Cl)C[C@@H]1C(C)(C)C. The lowest BCUT2D eigenvalue weighted by Gasteiger charge is -2.47. The zero-order valence-electron chi connectivity index (χ0n) is 8.63. The van der Waals surface area contributed by atoms with Crippen LogP contribution in [0, 0.1) is 11.3 Å². The third kappa shape index (κ3) is 2.37. The standard InChI is InChI=1S/C10H17ClO2/c1-6(12)13-9-7(5-8(9)11)10(2,3)4/h7-9H,5H2,1-4H3/t7-,8+,9+/m0/s1. The number of esters is 1. The van der Waals surface area contributed by atoms with Gasteiger partial charge in [-0.15, -0.1) is 11.6 Å². The fourth-order valence-corrected chi connectivity index (χ4v) is 2.18. The summed E-state index contributed by atoms with van der Waals surface area (Å²) in [4.78, 5) is 10.8. The highest BCUT2D eigenvalue weighted by Gasteiger charge is 2.48. The van der Waals surface area contributed by atoms with E-state index in [1.165, 1.54) is 6.92 Å². The smallest absolute Gasteiger partial charge is 0.302 e. The van der Waals surface area contributed by atoms with Gasteiger partial charge in [0.2, 0.25) is 0 Å². The first-order chi connectivity index (χ1) is 5.82. The molecule has 3 atom stereocenters. The van der Waals surface area contributed by atoms with Gasteiger partial charge in [-0.1, -0.05) is 20.8 Å². The minimum absolute atomic E-state index is 0.00752. The fraction of sp³-hybridized carbons (Fsp3) is 0.900. The molecule has 2 nitrogen and oxygen atoms in total. The molecule has 13 heavy (non-hydrogen) atoms. The highest BCUT2D eigenvalue weighted by Crippen LogP contribution is 2.45. The highest BCUT2D eigenvalue weighted by molar-refractivity contribution is 6.21. The van der Waals surface area contributed by atoms with E-state index in [1.54, 1.807) is 0 Å². The second kappa shape index (κ2) is 3.49. The van der Waals surface area contributed by atoms with Crippen molar-refractivity contribution >= 4 is 17.6 Å². The van der Waals surface area contributed by atoms with Crippen LogP contribution in [-0.2, 0) is 9.53 Å². The second-order valence-electron chi connectivity index (χ2n) is 4.80. The number of carbonyl (C=O) groups is 1. The van der Waals surface area contributed by atoms with E-state index in [0.717, 1.165) is 6.42 Å². The molecule has 1 aliphatic rings. The molecule has 1 saturated carbocycles. The number of hydrogen-bond donors (Lipinski definition) is 0. The van der Waals surface area contributed by atoms with Gasteiger partial charge >= 0.3 is 5.97 Å². The van der Waals surface area contributed by atoms with Gasteiger partial charge in [0, 0.05) is 12.8 Å². The Morgan fingerprint density at radius 2 is 2.00 bits per heavy atom. The second-order valence-corrected chi connectivity index (χ2v) is 5.36. The van der Waals surface area contributed by atoms with E-state index in [9.17, 15) is 4.79 Å². The van der Waals surface area contributed by atoms with E-state index < -0.39 is 0 Å². The van der Waals surface area contributed by atoms with E-state index in [1.807, 2.05) is 0 Å². The topological polar surface area (TPSA) is 26.3 Å². The lowest BCUT2D eigenvalue weighted by molar-refractivity contribution is -0.159. The summed E-state index contributed by atoms with van der Waals surface area (Å²) in [6.45, 7) is 7.88. The Morgan fingerprint density at radius 3 is 2.31 bits per heavy atom. The Hall–Kier alpha value is -0.240. The van der Waals surface area contributed by atoms with Crippen LogP contribution in [0.15, 0.2) is 0 Å². The zero-order valence-corrected chi connectivity index (χ0v) is 9.39. The fourth-order valence-electron chi connectivity index (χ4n) is 1.76. The summed E-state index contributed by atoms with van der Waals surface area (Å²) in [5.41, 5.74) is 0.172. The predicted octanol–water partition coefficient (Wildman–Crippen LogP) is 2.59. The molecule has 0 heterocycles. The number of alkyl halides is 1. The van der Waals surface area contributed by atoms with Crippen molar-refractivity contribution in [3.63, 3.8) is 0 Å². The largest absolute Gasteiger partial charge is 0.461 e. The molecule has 0 saturated heterocycles. The number of rotatable bonds is 1. The maximum absolute atomic E-state index is 10.8. The first kappa shape index (κ1) is 10.8. The first-order valence-corrected chi connectivity index (χ1v) is 5.07. The normalized spacial score (nSPS) is 33.8. The van der Waals surface area contributed by atoms with Crippen molar-refractivity contribution in [1.82, 2.24) is 0 Å². The summed E-state index contributed by atoms with van der Waals surface area (Å²) >= 11 is 5.98. The van der Waals surface area contributed by atoms with E-state index in [-0.39, 0.29) is 22.9 Å². The first-order valence-electron chi connectivity index (χ1n) is 4.63. The van der Waals surface area contributed by atoms with E-state index in [4.69, 9.17) is 16.3 Å². The zero-order chi connectivity index (χ0) is 10.2. The van der Waals surface area contributed by atoms with Gasteiger partial charge in [-0.2, -0.15) is 0 Å². The molecular weight excluding hydrogens is 188 g/mol. The summed E-state index contributed by atoms with van der Waals surface area (Å²) in [5.74, 6) is 0.170. The van der Waals surface area contributed by atoms with Gasteiger partial charge in [-0.3, -0.25) is 4.79 Å². The predicted molar refractivity (Wildman–Crippen MR) is 52.8 cm³/mol. The van der Waals surface area contributed by atoms with Crippen molar-refractivity contribution in [3.05, 3.63) is 0 Å².